The van der Waals surface area contributed by atoms with E-state index in [4.69, 9.17) is 0 Å². The van der Waals surface area contributed by atoms with Crippen molar-refractivity contribution < 1.29 is 4.79 Å². The summed E-state index contributed by atoms with van der Waals surface area (Å²) < 4.78 is 1.21. The monoisotopic (exact) mass is 301 g/mol. The zero-order valence-electron chi connectivity index (χ0n) is 7.79. The summed E-state index contributed by atoms with van der Waals surface area (Å²) in [6.07, 6.45) is 0.587. The zero-order valence-corrected chi connectivity index (χ0v) is 9.95. The molecule has 0 bridgehead atoms. The summed E-state index contributed by atoms with van der Waals surface area (Å²) in [6, 6.07) is 8.15. The van der Waals surface area contributed by atoms with E-state index in [9.17, 15) is 4.79 Å². The van der Waals surface area contributed by atoms with Crippen LogP contribution in [0.25, 0.3) is 0 Å². The number of Topliss-reactive ketones (excluding diaryl/α,β-unsaturated/α-hetero) is 1. The van der Waals surface area contributed by atoms with Crippen LogP contribution in [-0.4, -0.2) is 18.9 Å². The summed E-state index contributed by atoms with van der Waals surface area (Å²) in [5, 5.41) is 3.11. The molecule has 0 radical (unpaired) electrons. The summed E-state index contributed by atoms with van der Waals surface area (Å²) in [7, 11) is 0. The number of nitrogens with one attached hydrogen (secondary N) is 1. The lowest BCUT2D eigenvalue weighted by atomic mass is 9.93. The van der Waals surface area contributed by atoms with Crippen LogP contribution in [0.3, 0.4) is 0 Å². The number of ketones is 1. The van der Waals surface area contributed by atoms with Crippen LogP contribution in [0, 0.1) is 9.49 Å². The molecule has 0 saturated carbocycles. The van der Waals surface area contributed by atoms with Crippen LogP contribution in [0.4, 0.5) is 0 Å². The fourth-order valence-electron chi connectivity index (χ4n) is 1.46. The van der Waals surface area contributed by atoms with E-state index in [-0.39, 0.29) is 5.92 Å². The molecule has 0 atom stereocenters. The zero-order chi connectivity index (χ0) is 9.97. The summed E-state index contributed by atoms with van der Waals surface area (Å²) in [5.74, 6) is 0.624. The van der Waals surface area contributed by atoms with E-state index >= 15 is 0 Å². The molecule has 1 fully saturated rings. The minimum atomic E-state index is 0.259. The van der Waals surface area contributed by atoms with Gasteiger partial charge in [0.25, 0.3) is 0 Å². The molecule has 0 unspecified atom stereocenters. The number of hydrogen-bond donors (Lipinski definition) is 1. The molecule has 0 aromatic heterocycles. The molecule has 1 aliphatic heterocycles. The minimum absolute atomic E-state index is 0.259. The molecule has 1 heterocycles. The Bertz CT molecular complexity index is 330. The molecule has 0 amide bonds. The van der Waals surface area contributed by atoms with Crippen molar-refractivity contribution >= 4 is 28.4 Å². The van der Waals surface area contributed by atoms with Crippen molar-refractivity contribution in [3.63, 3.8) is 0 Å². The summed E-state index contributed by atoms with van der Waals surface area (Å²) in [4.78, 5) is 11.6. The van der Waals surface area contributed by atoms with Crippen molar-refractivity contribution in [1.29, 1.82) is 0 Å². The second-order valence-electron chi connectivity index (χ2n) is 3.62. The van der Waals surface area contributed by atoms with Crippen molar-refractivity contribution in [3.05, 3.63) is 33.4 Å². The molecule has 1 aromatic rings. The standard InChI is InChI=1S/C11H12INO/c12-10-3-1-8(2-4-10)5-11(14)9-6-13-7-9/h1-4,9,13H,5-7H2. The Kier molecular flexibility index (Phi) is 3.18. The van der Waals surface area contributed by atoms with Crippen molar-refractivity contribution in [2.45, 2.75) is 6.42 Å². The van der Waals surface area contributed by atoms with Gasteiger partial charge in [0.2, 0.25) is 0 Å². The van der Waals surface area contributed by atoms with Crippen LogP contribution in [0.2, 0.25) is 0 Å². The van der Waals surface area contributed by atoms with E-state index in [1.165, 1.54) is 3.57 Å². The van der Waals surface area contributed by atoms with Gasteiger partial charge in [0.05, 0.1) is 0 Å². The predicted molar refractivity (Wildman–Crippen MR) is 64.2 cm³/mol. The molecule has 14 heavy (non-hydrogen) atoms. The highest BCUT2D eigenvalue weighted by Crippen LogP contribution is 2.11. The summed E-state index contributed by atoms with van der Waals surface area (Å²) in [5.41, 5.74) is 1.13. The molecule has 1 aromatic carbocycles. The number of benzene rings is 1. The van der Waals surface area contributed by atoms with Gasteiger partial charge in [-0.3, -0.25) is 4.79 Å². The fraction of sp³-hybridized carbons (Fsp3) is 0.364. The molecule has 3 heteroatoms. The van der Waals surface area contributed by atoms with Crippen LogP contribution < -0.4 is 5.32 Å². The van der Waals surface area contributed by atoms with E-state index in [1.807, 2.05) is 24.3 Å². The number of hydrogen-bond acceptors (Lipinski definition) is 2. The maximum atomic E-state index is 11.6. The second kappa shape index (κ2) is 4.40. The third-order valence-electron chi connectivity index (χ3n) is 2.53. The van der Waals surface area contributed by atoms with E-state index in [1.54, 1.807) is 0 Å². The molecular weight excluding hydrogens is 289 g/mol. The molecule has 1 aliphatic rings. The van der Waals surface area contributed by atoms with Crippen LogP contribution in [-0.2, 0) is 11.2 Å². The highest BCUT2D eigenvalue weighted by molar-refractivity contribution is 14.1. The van der Waals surface area contributed by atoms with Gasteiger partial charge in [-0.1, -0.05) is 12.1 Å². The minimum Gasteiger partial charge on any atom is -0.315 e. The normalized spacial score (nSPS) is 16.4. The molecule has 2 nitrogen and oxygen atoms in total. The van der Waals surface area contributed by atoms with Crippen LogP contribution in [0.5, 0.6) is 0 Å². The molecule has 0 aliphatic carbocycles. The topological polar surface area (TPSA) is 29.1 Å². The average molecular weight is 301 g/mol. The highest BCUT2D eigenvalue weighted by Gasteiger charge is 2.24. The Balaban J connectivity index is 1.96. The average Bonchev–Trinajstić information content (AvgIpc) is 2.06. The van der Waals surface area contributed by atoms with Crippen molar-refractivity contribution in [2.75, 3.05) is 13.1 Å². The van der Waals surface area contributed by atoms with Gasteiger partial charge in [-0.25, -0.2) is 0 Å². The maximum Gasteiger partial charge on any atom is 0.142 e. The third kappa shape index (κ3) is 2.33. The smallest absolute Gasteiger partial charge is 0.142 e. The van der Waals surface area contributed by atoms with Gasteiger partial charge >= 0.3 is 0 Å². The first-order valence-electron chi connectivity index (χ1n) is 4.73. The molecule has 0 spiro atoms. The SMILES string of the molecule is O=C(Cc1ccc(I)cc1)C1CNC1. The second-order valence-corrected chi connectivity index (χ2v) is 4.87. The van der Waals surface area contributed by atoms with E-state index in [0.29, 0.717) is 12.2 Å². The Labute approximate surface area is 97.2 Å². The molecular formula is C11H12INO. The first-order chi connectivity index (χ1) is 6.75. The van der Waals surface area contributed by atoms with E-state index in [2.05, 4.69) is 27.9 Å². The van der Waals surface area contributed by atoms with E-state index < -0.39 is 0 Å². The molecule has 74 valence electrons. The lowest BCUT2D eigenvalue weighted by Crippen LogP contribution is -2.47. The Morgan fingerprint density at radius 2 is 2.00 bits per heavy atom. The lowest BCUT2D eigenvalue weighted by Gasteiger charge is -2.25. The summed E-state index contributed by atoms with van der Waals surface area (Å²) in [6.45, 7) is 1.73. The lowest BCUT2D eigenvalue weighted by molar-refractivity contribution is -0.123. The van der Waals surface area contributed by atoms with Gasteiger partial charge < -0.3 is 5.32 Å². The predicted octanol–water partition coefficient (Wildman–Crippen LogP) is 1.62. The van der Waals surface area contributed by atoms with Crippen molar-refractivity contribution in [3.8, 4) is 0 Å². The van der Waals surface area contributed by atoms with Gasteiger partial charge in [0.1, 0.15) is 5.78 Å². The quantitative estimate of drug-likeness (QED) is 0.860. The number of carbonyl (C=O) groups is 1. The molecule has 2 rings (SSSR count). The van der Waals surface area contributed by atoms with Crippen LogP contribution in [0.15, 0.2) is 24.3 Å². The fourth-order valence-corrected chi connectivity index (χ4v) is 1.82. The van der Waals surface area contributed by atoms with E-state index in [0.717, 1.165) is 18.7 Å². The van der Waals surface area contributed by atoms with Gasteiger partial charge in [0.15, 0.2) is 0 Å². The van der Waals surface area contributed by atoms with Gasteiger partial charge in [-0.15, -0.1) is 0 Å². The summed E-state index contributed by atoms with van der Waals surface area (Å²) >= 11 is 2.27. The van der Waals surface area contributed by atoms with Crippen molar-refractivity contribution in [2.24, 2.45) is 5.92 Å². The largest absolute Gasteiger partial charge is 0.315 e. The number of halogens is 1. The first kappa shape index (κ1) is 10.1. The van der Waals surface area contributed by atoms with Crippen molar-refractivity contribution in [1.82, 2.24) is 5.32 Å². The van der Waals surface area contributed by atoms with Crippen LogP contribution >= 0.6 is 22.6 Å². The number of carbonyl (C=O) groups excluding carboxylic acids is 1. The Hall–Kier alpha value is -0.420. The van der Waals surface area contributed by atoms with Gasteiger partial charge in [-0.05, 0) is 40.3 Å². The van der Waals surface area contributed by atoms with Gasteiger partial charge in [-0.2, -0.15) is 0 Å². The Morgan fingerprint density at radius 3 is 2.50 bits per heavy atom. The third-order valence-corrected chi connectivity index (χ3v) is 3.25. The number of rotatable bonds is 3. The van der Waals surface area contributed by atoms with Gasteiger partial charge in [0, 0.05) is 29.0 Å². The maximum absolute atomic E-state index is 11.6. The first-order valence-corrected chi connectivity index (χ1v) is 5.81. The van der Waals surface area contributed by atoms with Crippen LogP contribution in [0.1, 0.15) is 5.56 Å². The Morgan fingerprint density at radius 1 is 1.36 bits per heavy atom. The molecule has 1 saturated heterocycles. The highest BCUT2D eigenvalue weighted by atomic mass is 127. The molecule has 1 N–H and O–H groups in total.